The van der Waals surface area contributed by atoms with E-state index < -0.39 is 0 Å². The molecule has 132 valence electrons. The van der Waals surface area contributed by atoms with E-state index in [-0.39, 0.29) is 6.10 Å². The van der Waals surface area contributed by atoms with Gasteiger partial charge in [0.15, 0.2) is 5.96 Å². The smallest absolute Gasteiger partial charge is 0.213 e. The predicted octanol–water partition coefficient (Wildman–Crippen LogP) is 2.64. The molecule has 0 amide bonds. The maximum Gasteiger partial charge on any atom is 0.213 e. The topological polar surface area (TPSA) is 49.8 Å². The molecule has 3 heterocycles. The molecular formula is C18H28N4OS. The summed E-state index contributed by atoms with van der Waals surface area (Å²) in [5.74, 6) is 5.10. The molecule has 0 radical (unpaired) electrons. The van der Waals surface area contributed by atoms with Gasteiger partial charge in [-0.05, 0) is 43.3 Å². The Labute approximate surface area is 149 Å². The van der Waals surface area contributed by atoms with Gasteiger partial charge in [-0.15, -0.1) is 0 Å². The fourth-order valence-electron chi connectivity index (χ4n) is 3.17. The number of nitrogens with one attached hydrogen (secondary N) is 1. The van der Waals surface area contributed by atoms with Crippen molar-refractivity contribution in [3.8, 4) is 5.88 Å². The van der Waals surface area contributed by atoms with Gasteiger partial charge in [0.2, 0.25) is 5.88 Å². The van der Waals surface area contributed by atoms with Crippen molar-refractivity contribution in [1.29, 1.82) is 0 Å². The van der Waals surface area contributed by atoms with Crippen molar-refractivity contribution in [2.45, 2.75) is 32.3 Å². The molecule has 0 saturated carbocycles. The number of hydrogen-bond acceptors (Lipinski definition) is 4. The second-order valence-electron chi connectivity index (χ2n) is 6.39. The summed E-state index contributed by atoms with van der Waals surface area (Å²) in [6, 6.07) is 5.79. The Morgan fingerprint density at radius 3 is 3.00 bits per heavy atom. The third-order valence-corrected chi connectivity index (χ3v) is 5.59. The summed E-state index contributed by atoms with van der Waals surface area (Å²) in [5.41, 5.74) is 0. The lowest BCUT2D eigenvalue weighted by molar-refractivity contribution is 0.205. The lowest BCUT2D eigenvalue weighted by atomic mass is 10.0. The zero-order valence-corrected chi connectivity index (χ0v) is 15.3. The van der Waals surface area contributed by atoms with Crippen LogP contribution in [0.15, 0.2) is 29.4 Å². The van der Waals surface area contributed by atoms with Crippen LogP contribution in [0, 0.1) is 5.92 Å². The van der Waals surface area contributed by atoms with Crippen molar-refractivity contribution < 1.29 is 4.74 Å². The maximum atomic E-state index is 5.99. The molecule has 2 saturated heterocycles. The number of aliphatic imine (C=N–C) groups is 1. The highest BCUT2D eigenvalue weighted by Gasteiger charge is 2.27. The van der Waals surface area contributed by atoms with E-state index in [0.717, 1.165) is 44.5 Å². The number of pyridine rings is 1. The highest BCUT2D eigenvalue weighted by atomic mass is 32.2. The lowest BCUT2D eigenvalue weighted by Gasteiger charge is -2.24. The van der Waals surface area contributed by atoms with Crippen LogP contribution in [0.2, 0.25) is 0 Å². The van der Waals surface area contributed by atoms with Crippen LogP contribution in [-0.4, -0.2) is 59.6 Å². The van der Waals surface area contributed by atoms with Crippen LogP contribution in [0.25, 0.3) is 0 Å². The van der Waals surface area contributed by atoms with Gasteiger partial charge in [-0.25, -0.2) is 4.98 Å². The van der Waals surface area contributed by atoms with Crippen molar-refractivity contribution in [2.75, 3.05) is 37.7 Å². The van der Waals surface area contributed by atoms with E-state index in [1.165, 1.54) is 24.3 Å². The van der Waals surface area contributed by atoms with Crippen LogP contribution in [0.1, 0.15) is 26.2 Å². The molecule has 1 N–H and O–H groups in total. The Bertz CT molecular complexity index is 519. The average Bonchev–Trinajstić information content (AvgIpc) is 3.09. The van der Waals surface area contributed by atoms with Gasteiger partial charge in [-0.1, -0.05) is 6.07 Å². The minimum absolute atomic E-state index is 0.190. The standard InChI is InChI=1S/C18H28N4OS/c1-2-19-18(21-13-15-7-11-24-12-8-15)22-10-6-16(14-22)23-17-5-3-4-9-20-17/h3-5,9,15-16H,2,6-8,10-14H2,1H3,(H,19,21). The monoisotopic (exact) mass is 348 g/mol. The molecule has 1 aromatic rings. The van der Waals surface area contributed by atoms with Crippen LogP contribution < -0.4 is 10.1 Å². The number of guanidine groups is 1. The molecular weight excluding hydrogens is 320 g/mol. The number of nitrogens with zero attached hydrogens (tertiary/aromatic N) is 3. The second-order valence-corrected chi connectivity index (χ2v) is 7.62. The fraction of sp³-hybridized carbons (Fsp3) is 0.667. The third kappa shape index (κ3) is 5.03. The van der Waals surface area contributed by atoms with Gasteiger partial charge in [-0.3, -0.25) is 4.99 Å². The molecule has 2 aliphatic rings. The largest absolute Gasteiger partial charge is 0.472 e. The number of likely N-dealkylation sites (tertiary alicyclic amines) is 1. The first-order chi connectivity index (χ1) is 11.8. The predicted molar refractivity (Wildman–Crippen MR) is 101 cm³/mol. The van der Waals surface area contributed by atoms with Crippen LogP contribution in [0.3, 0.4) is 0 Å². The molecule has 0 aromatic carbocycles. The number of hydrogen-bond donors (Lipinski definition) is 1. The molecule has 1 aromatic heterocycles. The van der Waals surface area contributed by atoms with Gasteiger partial charge in [0, 0.05) is 38.3 Å². The molecule has 0 aliphatic carbocycles. The van der Waals surface area contributed by atoms with Crippen LogP contribution in [0.5, 0.6) is 5.88 Å². The second kappa shape index (κ2) is 9.16. The molecule has 2 fully saturated rings. The van der Waals surface area contributed by atoms with Gasteiger partial charge in [0.1, 0.15) is 6.10 Å². The van der Waals surface area contributed by atoms with Crippen molar-refractivity contribution in [1.82, 2.24) is 15.2 Å². The molecule has 6 heteroatoms. The van der Waals surface area contributed by atoms with E-state index in [1.807, 2.05) is 18.2 Å². The van der Waals surface area contributed by atoms with Crippen LogP contribution >= 0.6 is 11.8 Å². The number of ether oxygens (including phenoxy) is 1. The minimum Gasteiger partial charge on any atom is -0.472 e. The van der Waals surface area contributed by atoms with E-state index >= 15 is 0 Å². The molecule has 3 rings (SSSR count). The molecule has 24 heavy (non-hydrogen) atoms. The molecule has 0 spiro atoms. The summed E-state index contributed by atoms with van der Waals surface area (Å²) >= 11 is 2.07. The van der Waals surface area contributed by atoms with Crippen molar-refractivity contribution in [3.05, 3.63) is 24.4 Å². The van der Waals surface area contributed by atoms with Gasteiger partial charge in [0.05, 0.1) is 6.54 Å². The zero-order valence-electron chi connectivity index (χ0n) is 14.5. The normalized spacial score (nSPS) is 22.6. The maximum absolute atomic E-state index is 5.99. The summed E-state index contributed by atoms with van der Waals surface area (Å²) < 4.78 is 5.99. The number of thioether (sulfide) groups is 1. The van der Waals surface area contributed by atoms with Crippen LogP contribution in [-0.2, 0) is 0 Å². The highest BCUT2D eigenvalue weighted by molar-refractivity contribution is 7.99. The summed E-state index contributed by atoms with van der Waals surface area (Å²) in [6.45, 7) is 5.85. The van der Waals surface area contributed by atoms with E-state index in [4.69, 9.17) is 9.73 Å². The Morgan fingerprint density at radius 2 is 2.25 bits per heavy atom. The highest BCUT2D eigenvalue weighted by Crippen LogP contribution is 2.23. The first kappa shape index (κ1) is 17.4. The first-order valence-corrected chi connectivity index (χ1v) is 10.2. The minimum atomic E-state index is 0.190. The number of aromatic nitrogens is 1. The third-order valence-electron chi connectivity index (χ3n) is 4.54. The van der Waals surface area contributed by atoms with Crippen molar-refractivity contribution >= 4 is 17.7 Å². The summed E-state index contributed by atoms with van der Waals surface area (Å²) in [4.78, 5) is 11.5. The Morgan fingerprint density at radius 1 is 1.38 bits per heavy atom. The van der Waals surface area contributed by atoms with Crippen LogP contribution in [0.4, 0.5) is 0 Å². The molecule has 2 aliphatic heterocycles. The quantitative estimate of drug-likeness (QED) is 0.655. The van der Waals surface area contributed by atoms with Gasteiger partial charge >= 0.3 is 0 Å². The average molecular weight is 349 g/mol. The summed E-state index contributed by atoms with van der Waals surface area (Å²) in [6.07, 6.45) is 5.59. The Kier molecular flexibility index (Phi) is 6.64. The molecule has 1 unspecified atom stereocenters. The van der Waals surface area contributed by atoms with E-state index in [9.17, 15) is 0 Å². The number of rotatable bonds is 5. The Hall–Kier alpha value is -1.43. The molecule has 5 nitrogen and oxygen atoms in total. The van der Waals surface area contributed by atoms with Crippen molar-refractivity contribution in [3.63, 3.8) is 0 Å². The molecule has 1 atom stereocenters. The van der Waals surface area contributed by atoms with E-state index in [1.54, 1.807) is 6.20 Å². The van der Waals surface area contributed by atoms with Gasteiger partial charge in [0.25, 0.3) is 0 Å². The summed E-state index contributed by atoms with van der Waals surface area (Å²) in [5, 5.41) is 3.45. The zero-order chi connectivity index (χ0) is 16.6. The Balaban J connectivity index is 1.54. The molecule has 0 bridgehead atoms. The first-order valence-electron chi connectivity index (χ1n) is 9.04. The fourth-order valence-corrected chi connectivity index (χ4v) is 4.38. The van der Waals surface area contributed by atoms with Gasteiger partial charge < -0.3 is 15.0 Å². The van der Waals surface area contributed by atoms with E-state index in [2.05, 4.69) is 33.9 Å². The summed E-state index contributed by atoms with van der Waals surface area (Å²) in [7, 11) is 0. The van der Waals surface area contributed by atoms with Gasteiger partial charge in [-0.2, -0.15) is 11.8 Å². The van der Waals surface area contributed by atoms with E-state index in [0.29, 0.717) is 5.88 Å². The SMILES string of the molecule is CCNC(=NCC1CCSCC1)N1CCC(Oc2ccccn2)C1. The van der Waals surface area contributed by atoms with Crippen molar-refractivity contribution in [2.24, 2.45) is 10.9 Å². The lowest BCUT2D eigenvalue weighted by Crippen LogP contribution is -2.41.